The van der Waals surface area contributed by atoms with E-state index in [1.165, 1.54) is 0 Å². The first-order valence-corrected chi connectivity index (χ1v) is 7.21. The summed E-state index contributed by atoms with van der Waals surface area (Å²) in [7, 11) is 1.87. The summed E-state index contributed by atoms with van der Waals surface area (Å²) < 4.78 is 5.49. The Balaban J connectivity index is 2.22. The topological polar surface area (TPSA) is 71.5 Å². The van der Waals surface area contributed by atoms with E-state index in [0.717, 1.165) is 22.5 Å². The van der Waals surface area contributed by atoms with Crippen LogP contribution in [-0.4, -0.2) is 29.7 Å². The molecule has 0 saturated heterocycles. The Morgan fingerprint density at radius 1 is 1.36 bits per heavy atom. The van der Waals surface area contributed by atoms with Crippen LogP contribution in [0.1, 0.15) is 25.0 Å². The van der Waals surface area contributed by atoms with Crippen molar-refractivity contribution in [3.05, 3.63) is 48.2 Å². The highest BCUT2D eigenvalue weighted by Crippen LogP contribution is 2.25. The third-order valence-electron chi connectivity index (χ3n) is 3.33. The number of benzene rings is 1. The maximum absolute atomic E-state index is 10.9. The van der Waals surface area contributed by atoms with Gasteiger partial charge in [-0.15, -0.1) is 0 Å². The fourth-order valence-corrected chi connectivity index (χ4v) is 2.23. The lowest BCUT2D eigenvalue weighted by atomic mass is 10.1. The maximum Gasteiger partial charge on any atom is 0.306 e. The van der Waals surface area contributed by atoms with Crippen LogP contribution >= 0.6 is 0 Å². The van der Waals surface area contributed by atoms with E-state index in [0.29, 0.717) is 6.61 Å². The number of carbonyl (C=O) groups is 1. The van der Waals surface area contributed by atoms with Gasteiger partial charge in [0.2, 0.25) is 0 Å². The Morgan fingerprint density at radius 2 is 2.18 bits per heavy atom. The van der Waals surface area contributed by atoms with Crippen LogP contribution in [0.5, 0.6) is 0 Å². The number of carboxylic acids is 1. The van der Waals surface area contributed by atoms with Gasteiger partial charge < -0.3 is 15.2 Å². The molecule has 1 aromatic carbocycles. The van der Waals surface area contributed by atoms with Gasteiger partial charge in [-0.25, -0.2) is 0 Å². The highest BCUT2D eigenvalue weighted by Gasteiger charge is 2.16. The van der Waals surface area contributed by atoms with Gasteiger partial charge in [-0.1, -0.05) is 18.2 Å². The van der Waals surface area contributed by atoms with E-state index < -0.39 is 12.1 Å². The predicted octanol–water partition coefficient (Wildman–Crippen LogP) is 3.34. The van der Waals surface area contributed by atoms with Crippen LogP contribution in [0, 0.1) is 0 Å². The number of nitrogens with zero attached hydrogens (tertiary/aromatic N) is 1. The molecule has 22 heavy (non-hydrogen) atoms. The van der Waals surface area contributed by atoms with Crippen LogP contribution in [0.3, 0.4) is 0 Å². The standard InChI is InChI=1S/C17H20N2O3/c1-3-22-16(10-17(20)21)13-7-8-15(19-11-13)12-5-4-6-14(9-12)18-2/h4-9,11,16,18H,3,10H2,1-2H3,(H,20,21)/t16-/m0/s1. The number of anilines is 1. The minimum atomic E-state index is -0.885. The second-order valence-corrected chi connectivity index (χ2v) is 4.85. The monoisotopic (exact) mass is 300 g/mol. The summed E-state index contributed by atoms with van der Waals surface area (Å²) in [6.45, 7) is 2.31. The molecule has 0 aliphatic rings. The molecule has 0 unspecified atom stereocenters. The van der Waals surface area contributed by atoms with Gasteiger partial charge in [-0.2, -0.15) is 0 Å². The smallest absolute Gasteiger partial charge is 0.306 e. The number of rotatable bonds is 7. The van der Waals surface area contributed by atoms with Crippen LogP contribution in [0.25, 0.3) is 11.3 Å². The highest BCUT2D eigenvalue weighted by molar-refractivity contribution is 5.68. The van der Waals surface area contributed by atoms with Gasteiger partial charge in [0.25, 0.3) is 0 Å². The van der Waals surface area contributed by atoms with Crippen LogP contribution in [-0.2, 0) is 9.53 Å². The lowest BCUT2D eigenvalue weighted by Gasteiger charge is -2.15. The van der Waals surface area contributed by atoms with E-state index in [1.807, 2.05) is 50.4 Å². The fraction of sp³-hybridized carbons (Fsp3) is 0.294. The molecule has 0 radical (unpaired) electrons. The van der Waals surface area contributed by atoms with E-state index in [1.54, 1.807) is 6.20 Å². The van der Waals surface area contributed by atoms with Gasteiger partial charge in [0.15, 0.2) is 0 Å². The third kappa shape index (κ3) is 4.05. The van der Waals surface area contributed by atoms with Crippen molar-refractivity contribution in [2.24, 2.45) is 0 Å². The summed E-state index contributed by atoms with van der Waals surface area (Å²) >= 11 is 0. The van der Waals surface area contributed by atoms with Crippen molar-refractivity contribution < 1.29 is 14.6 Å². The molecular formula is C17H20N2O3. The minimum Gasteiger partial charge on any atom is -0.481 e. The van der Waals surface area contributed by atoms with Crippen molar-refractivity contribution in [1.82, 2.24) is 4.98 Å². The first-order valence-electron chi connectivity index (χ1n) is 7.21. The maximum atomic E-state index is 10.9. The summed E-state index contributed by atoms with van der Waals surface area (Å²) in [5.74, 6) is -0.885. The van der Waals surface area contributed by atoms with Crippen molar-refractivity contribution in [2.75, 3.05) is 19.0 Å². The first kappa shape index (κ1) is 16.0. The normalized spacial score (nSPS) is 11.9. The number of ether oxygens (including phenoxy) is 1. The molecule has 1 atom stereocenters. The molecule has 5 nitrogen and oxygen atoms in total. The molecule has 0 fully saturated rings. The summed E-state index contributed by atoms with van der Waals surface area (Å²) in [4.78, 5) is 15.3. The largest absolute Gasteiger partial charge is 0.481 e. The zero-order valence-corrected chi connectivity index (χ0v) is 12.7. The molecule has 0 bridgehead atoms. The molecule has 1 aromatic heterocycles. The van der Waals surface area contributed by atoms with Gasteiger partial charge in [0.05, 0.1) is 18.2 Å². The number of aliphatic carboxylic acids is 1. The van der Waals surface area contributed by atoms with Crippen molar-refractivity contribution in [3.63, 3.8) is 0 Å². The molecule has 5 heteroatoms. The Hall–Kier alpha value is -2.40. The Morgan fingerprint density at radius 3 is 2.77 bits per heavy atom. The van der Waals surface area contributed by atoms with Crippen molar-refractivity contribution in [1.29, 1.82) is 0 Å². The molecule has 2 aromatic rings. The molecule has 0 aliphatic heterocycles. The van der Waals surface area contributed by atoms with Crippen LogP contribution in [0.4, 0.5) is 5.69 Å². The zero-order chi connectivity index (χ0) is 15.9. The first-order chi connectivity index (χ1) is 10.6. The third-order valence-corrected chi connectivity index (χ3v) is 3.33. The number of aromatic nitrogens is 1. The van der Waals surface area contributed by atoms with Crippen LogP contribution in [0.2, 0.25) is 0 Å². The second kappa shape index (κ2) is 7.56. The Bertz CT molecular complexity index is 626. The van der Waals surface area contributed by atoms with E-state index in [-0.39, 0.29) is 6.42 Å². The molecular weight excluding hydrogens is 280 g/mol. The number of carboxylic acid groups (broad SMARTS) is 1. The van der Waals surface area contributed by atoms with E-state index in [9.17, 15) is 4.79 Å². The van der Waals surface area contributed by atoms with Crippen molar-refractivity contribution in [3.8, 4) is 11.3 Å². The molecule has 1 heterocycles. The lowest BCUT2D eigenvalue weighted by molar-refractivity contribution is -0.140. The van der Waals surface area contributed by atoms with E-state index >= 15 is 0 Å². The fourth-order valence-electron chi connectivity index (χ4n) is 2.23. The molecule has 116 valence electrons. The van der Waals surface area contributed by atoms with Gasteiger partial charge in [0.1, 0.15) is 0 Å². The van der Waals surface area contributed by atoms with Crippen molar-refractivity contribution in [2.45, 2.75) is 19.4 Å². The van der Waals surface area contributed by atoms with Crippen molar-refractivity contribution >= 4 is 11.7 Å². The zero-order valence-electron chi connectivity index (χ0n) is 12.7. The number of hydrogen-bond acceptors (Lipinski definition) is 4. The van der Waals surface area contributed by atoms with E-state index in [2.05, 4.69) is 10.3 Å². The number of hydrogen-bond donors (Lipinski definition) is 2. The molecule has 2 N–H and O–H groups in total. The Kier molecular flexibility index (Phi) is 5.49. The second-order valence-electron chi connectivity index (χ2n) is 4.85. The predicted molar refractivity (Wildman–Crippen MR) is 85.8 cm³/mol. The van der Waals surface area contributed by atoms with Gasteiger partial charge >= 0.3 is 5.97 Å². The van der Waals surface area contributed by atoms with Gasteiger partial charge in [-0.3, -0.25) is 9.78 Å². The van der Waals surface area contributed by atoms with Crippen LogP contribution in [0.15, 0.2) is 42.6 Å². The lowest BCUT2D eigenvalue weighted by Crippen LogP contribution is -2.10. The number of pyridine rings is 1. The van der Waals surface area contributed by atoms with Gasteiger partial charge in [-0.05, 0) is 30.7 Å². The van der Waals surface area contributed by atoms with Gasteiger partial charge in [0, 0.05) is 31.1 Å². The highest BCUT2D eigenvalue weighted by atomic mass is 16.5. The summed E-state index contributed by atoms with van der Waals surface area (Å²) in [6, 6.07) is 11.7. The minimum absolute atomic E-state index is 0.0654. The molecule has 2 rings (SSSR count). The SMILES string of the molecule is CCO[C@@H](CC(=O)O)c1ccc(-c2cccc(NC)c2)nc1. The average molecular weight is 300 g/mol. The molecule has 0 spiro atoms. The number of nitrogens with one attached hydrogen (secondary N) is 1. The molecule has 0 amide bonds. The van der Waals surface area contributed by atoms with Crippen LogP contribution < -0.4 is 5.32 Å². The molecule has 0 aliphatic carbocycles. The summed E-state index contributed by atoms with van der Waals surface area (Å²) in [5, 5.41) is 12.0. The Labute approximate surface area is 130 Å². The summed E-state index contributed by atoms with van der Waals surface area (Å²) in [5.41, 5.74) is 3.63. The van der Waals surface area contributed by atoms with E-state index in [4.69, 9.17) is 9.84 Å². The average Bonchev–Trinajstić information content (AvgIpc) is 2.54. The molecule has 0 saturated carbocycles. The quantitative estimate of drug-likeness (QED) is 0.820. The summed E-state index contributed by atoms with van der Waals surface area (Å²) in [6.07, 6.45) is 1.15.